The van der Waals surface area contributed by atoms with Gasteiger partial charge < -0.3 is 10.1 Å². The van der Waals surface area contributed by atoms with Crippen LogP contribution in [-0.2, 0) is 11.8 Å². The topological polar surface area (TPSA) is 56.1 Å². The van der Waals surface area contributed by atoms with Crippen LogP contribution in [0.1, 0.15) is 62.0 Å². The molecule has 5 heteroatoms. The van der Waals surface area contributed by atoms with Gasteiger partial charge in [0.05, 0.1) is 23.9 Å². The minimum atomic E-state index is -0.0324. The van der Waals surface area contributed by atoms with Crippen molar-refractivity contribution in [2.45, 2.75) is 65.0 Å². The van der Waals surface area contributed by atoms with E-state index in [9.17, 15) is 4.79 Å². The summed E-state index contributed by atoms with van der Waals surface area (Å²) in [4.78, 5) is 12.5. The summed E-state index contributed by atoms with van der Waals surface area (Å²) in [5.74, 6) is 0.615. The summed E-state index contributed by atoms with van der Waals surface area (Å²) in [6, 6.07) is 0.119. The van der Waals surface area contributed by atoms with Crippen LogP contribution in [0.4, 0.5) is 0 Å². The molecule has 0 spiro atoms. The first-order valence-corrected chi connectivity index (χ1v) is 8.40. The highest BCUT2D eigenvalue weighted by Crippen LogP contribution is 2.22. The number of aryl methyl sites for hydroxylation is 1. The van der Waals surface area contributed by atoms with Crippen LogP contribution in [0.2, 0.25) is 0 Å². The van der Waals surface area contributed by atoms with Crippen molar-refractivity contribution >= 4 is 5.91 Å². The van der Waals surface area contributed by atoms with Gasteiger partial charge in [0.15, 0.2) is 0 Å². The molecule has 0 saturated heterocycles. The van der Waals surface area contributed by atoms with Crippen molar-refractivity contribution in [3.63, 3.8) is 0 Å². The molecule has 2 atom stereocenters. The van der Waals surface area contributed by atoms with Gasteiger partial charge in [0.25, 0.3) is 5.91 Å². The van der Waals surface area contributed by atoms with E-state index in [2.05, 4.69) is 24.3 Å². The number of rotatable bonds is 6. The highest BCUT2D eigenvalue weighted by molar-refractivity contribution is 5.95. The van der Waals surface area contributed by atoms with Crippen LogP contribution in [0.5, 0.6) is 0 Å². The number of hydrogen-bond acceptors (Lipinski definition) is 3. The Morgan fingerprint density at radius 1 is 1.45 bits per heavy atom. The molecule has 0 aromatic carbocycles. The third-order valence-electron chi connectivity index (χ3n) is 4.53. The fourth-order valence-electron chi connectivity index (χ4n) is 2.88. The Kier molecular flexibility index (Phi) is 6.00. The third-order valence-corrected chi connectivity index (χ3v) is 4.53. The van der Waals surface area contributed by atoms with Gasteiger partial charge in [0, 0.05) is 19.3 Å². The van der Waals surface area contributed by atoms with Gasteiger partial charge in [-0.3, -0.25) is 9.48 Å². The predicted molar refractivity (Wildman–Crippen MR) is 86.9 cm³/mol. The number of nitrogens with one attached hydrogen (secondary N) is 1. The summed E-state index contributed by atoms with van der Waals surface area (Å²) in [5.41, 5.74) is 1.56. The summed E-state index contributed by atoms with van der Waals surface area (Å²) in [5, 5.41) is 7.30. The number of ether oxygens (including phenoxy) is 1. The Morgan fingerprint density at radius 2 is 2.18 bits per heavy atom. The molecule has 0 radical (unpaired) electrons. The summed E-state index contributed by atoms with van der Waals surface area (Å²) >= 11 is 0. The summed E-state index contributed by atoms with van der Waals surface area (Å²) in [6.07, 6.45) is 7.23. The second-order valence-electron chi connectivity index (χ2n) is 6.72. The van der Waals surface area contributed by atoms with Crippen molar-refractivity contribution in [2.75, 3.05) is 6.61 Å². The van der Waals surface area contributed by atoms with Gasteiger partial charge in [0.1, 0.15) is 0 Å². The number of nitrogens with zero attached hydrogens (tertiary/aromatic N) is 2. The van der Waals surface area contributed by atoms with Gasteiger partial charge >= 0.3 is 0 Å². The van der Waals surface area contributed by atoms with E-state index in [1.807, 2.05) is 14.0 Å². The van der Waals surface area contributed by atoms with Crippen LogP contribution in [0.15, 0.2) is 6.20 Å². The fourth-order valence-corrected chi connectivity index (χ4v) is 2.88. The number of carbonyl (C=O) groups excluding carboxylic acids is 1. The molecule has 5 nitrogen and oxygen atoms in total. The maximum Gasteiger partial charge on any atom is 0.255 e. The average molecular weight is 307 g/mol. The minimum Gasteiger partial charge on any atom is -0.376 e. The van der Waals surface area contributed by atoms with E-state index in [1.54, 1.807) is 10.9 Å². The van der Waals surface area contributed by atoms with Crippen LogP contribution in [0.3, 0.4) is 0 Å². The SMILES string of the molecule is Cc1c(C(=O)N[C@@H]2CCCC[C@H]2OCCC(C)C)cnn1C. The maximum absolute atomic E-state index is 12.5. The lowest BCUT2D eigenvalue weighted by Gasteiger charge is -2.32. The quantitative estimate of drug-likeness (QED) is 0.879. The van der Waals surface area contributed by atoms with Gasteiger partial charge in [-0.25, -0.2) is 0 Å². The summed E-state index contributed by atoms with van der Waals surface area (Å²) in [6.45, 7) is 7.10. The minimum absolute atomic E-state index is 0.0324. The maximum atomic E-state index is 12.5. The van der Waals surface area contributed by atoms with Crippen molar-refractivity contribution in [3.05, 3.63) is 17.5 Å². The number of amides is 1. The molecule has 2 rings (SSSR count). The van der Waals surface area contributed by atoms with Gasteiger partial charge in [-0.1, -0.05) is 26.7 Å². The molecule has 124 valence electrons. The van der Waals surface area contributed by atoms with E-state index in [-0.39, 0.29) is 18.1 Å². The lowest BCUT2D eigenvalue weighted by atomic mass is 9.92. The molecule has 0 bridgehead atoms. The lowest BCUT2D eigenvalue weighted by molar-refractivity contribution is 0.00121. The Morgan fingerprint density at radius 3 is 2.82 bits per heavy atom. The van der Waals surface area contributed by atoms with Crippen molar-refractivity contribution < 1.29 is 9.53 Å². The zero-order valence-electron chi connectivity index (χ0n) is 14.3. The second-order valence-corrected chi connectivity index (χ2v) is 6.72. The van der Waals surface area contributed by atoms with Gasteiger partial charge in [-0.2, -0.15) is 5.10 Å². The number of carbonyl (C=O) groups is 1. The molecule has 0 unspecified atom stereocenters. The van der Waals surface area contributed by atoms with E-state index in [1.165, 1.54) is 6.42 Å². The zero-order chi connectivity index (χ0) is 16.1. The molecular weight excluding hydrogens is 278 g/mol. The average Bonchev–Trinajstić information content (AvgIpc) is 2.80. The van der Waals surface area contributed by atoms with Crippen molar-refractivity contribution in [1.29, 1.82) is 0 Å². The van der Waals surface area contributed by atoms with Crippen LogP contribution < -0.4 is 5.32 Å². The lowest BCUT2D eigenvalue weighted by Crippen LogP contribution is -2.46. The Bertz CT molecular complexity index is 496. The summed E-state index contributed by atoms with van der Waals surface area (Å²) in [7, 11) is 1.85. The molecule has 1 fully saturated rings. The standard InChI is InChI=1S/C17H29N3O2/c1-12(2)9-10-22-16-8-6-5-7-15(16)19-17(21)14-11-18-20(4)13(14)3/h11-12,15-16H,5-10H2,1-4H3,(H,19,21)/t15-,16-/m1/s1. The van der Waals surface area contributed by atoms with E-state index in [0.29, 0.717) is 11.5 Å². The molecule has 1 heterocycles. The normalized spacial score (nSPS) is 22.0. The van der Waals surface area contributed by atoms with Crippen molar-refractivity contribution in [3.8, 4) is 0 Å². The molecule has 1 amide bonds. The molecule has 1 saturated carbocycles. The first kappa shape index (κ1) is 17.0. The van der Waals surface area contributed by atoms with E-state index in [4.69, 9.17) is 4.74 Å². The van der Waals surface area contributed by atoms with Gasteiger partial charge in [-0.15, -0.1) is 0 Å². The van der Waals surface area contributed by atoms with Gasteiger partial charge in [0.2, 0.25) is 0 Å². The van der Waals surface area contributed by atoms with E-state index in [0.717, 1.165) is 38.0 Å². The number of aromatic nitrogens is 2. The van der Waals surface area contributed by atoms with E-state index < -0.39 is 0 Å². The predicted octanol–water partition coefficient (Wildman–Crippen LogP) is 2.83. The molecule has 22 heavy (non-hydrogen) atoms. The largest absolute Gasteiger partial charge is 0.376 e. The van der Waals surface area contributed by atoms with Crippen LogP contribution in [-0.4, -0.2) is 34.4 Å². The van der Waals surface area contributed by atoms with Crippen LogP contribution in [0, 0.1) is 12.8 Å². The first-order valence-electron chi connectivity index (χ1n) is 8.40. The molecule has 1 aromatic rings. The van der Waals surface area contributed by atoms with E-state index >= 15 is 0 Å². The van der Waals surface area contributed by atoms with Crippen molar-refractivity contribution in [2.24, 2.45) is 13.0 Å². The highest BCUT2D eigenvalue weighted by Gasteiger charge is 2.28. The molecule has 1 aliphatic rings. The molecular formula is C17H29N3O2. The second kappa shape index (κ2) is 7.77. The fraction of sp³-hybridized carbons (Fsp3) is 0.765. The van der Waals surface area contributed by atoms with Gasteiger partial charge in [-0.05, 0) is 32.1 Å². The Balaban J connectivity index is 1.93. The molecule has 1 N–H and O–H groups in total. The molecule has 1 aliphatic carbocycles. The zero-order valence-corrected chi connectivity index (χ0v) is 14.3. The molecule has 1 aromatic heterocycles. The smallest absolute Gasteiger partial charge is 0.255 e. The summed E-state index contributed by atoms with van der Waals surface area (Å²) < 4.78 is 7.77. The van der Waals surface area contributed by atoms with Crippen molar-refractivity contribution in [1.82, 2.24) is 15.1 Å². The number of hydrogen-bond donors (Lipinski definition) is 1. The monoisotopic (exact) mass is 307 g/mol. The highest BCUT2D eigenvalue weighted by atomic mass is 16.5. The Hall–Kier alpha value is -1.36. The molecule has 0 aliphatic heterocycles. The Labute approximate surface area is 133 Å². The first-order chi connectivity index (χ1) is 10.5. The van der Waals surface area contributed by atoms with Crippen LogP contribution in [0.25, 0.3) is 0 Å². The third kappa shape index (κ3) is 4.32. The van der Waals surface area contributed by atoms with Crippen LogP contribution >= 0.6 is 0 Å².